The second-order valence-corrected chi connectivity index (χ2v) is 6.52. The molecule has 0 spiro atoms. The van der Waals surface area contributed by atoms with Crippen LogP contribution in [0.1, 0.15) is 11.3 Å². The van der Waals surface area contributed by atoms with Crippen LogP contribution < -0.4 is 15.5 Å². The summed E-state index contributed by atoms with van der Waals surface area (Å²) in [5.74, 6) is 0.770. The van der Waals surface area contributed by atoms with Crippen LogP contribution in [0.4, 0.5) is 5.13 Å². The molecule has 0 aliphatic rings. The summed E-state index contributed by atoms with van der Waals surface area (Å²) in [5.41, 5.74) is 2.21. The molecule has 2 aromatic rings. The fraction of sp³-hybridized carbons (Fsp3) is 0.375. The highest BCUT2D eigenvalue weighted by Crippen LogP contribution is 2.17. The molecule has 0 radical (unpaired) electrons. The first-order chi connectivity index (χ1) is 11.1. The highest BCUT2D eigenvalue weighted by molar-refractivity contribution is 14.0. The monoisotopic (exact) mass is 479 g/mol. The number of hydrogen-bond acceptors (Lipinski definition) is 4. The van der Waals surface area contributed by atoms with Gasteiger partial charge in [0, 0.05) is 38.1 Å². The van der Waals surface area contributed by atoms with E-state index in [-0.39, 0.29) is 24.0 Å². The molecule has 2 rings (SSSR count). The van der Waals surface area contributed by atoms with Crippen LogP contribution in [0.15, 0.2) is 34.6 Å². The van der Waals surface area contributed by atoms with Gasteiger partial charge in [-0.3, -0.25) is 4.99 Å². The van der Waals surface area contributed by atoms with Crippen molar-refractivity contribution in [3.8, 4) is 0 Å². The molecular weight excluding hydrogens is 457 g/mol. The van der Waals surface area contributed by atoms with Crippen molar-refractivity contribution in [2.75, 3.05) is 32.6 Å². The molecule has 0 fully saturated rings. The summed E-state index contributed by atoms with van der Waals surface area (Å²) in [6.45, 7) is 1.45. The number of nitrogens with zero attached hydrogens (tertiary/aromatic N) is 3. The number of nitrogens with one attached hydrogen (secondary N) is 2. The number of aromatic nitrogens is 1. The van der Waals surface area contributed by atoms with Crippen LogP contribution in [-0.4, -0.2) is 38.6 Å². The Balaban J connectivity index is 0.00000288. The highest BCUT2D eigenvalue weighted by Gasteiger charge is 2.04. The number of benzene rings is 1. The van der Waals surface area contributed by atoms with Gasteiger partial charge in [0.1, 0.15) is 0 Å². The average molecular weight is 480 g/mol. The zero-order valence-corrected chi connectivity index (χ0v) is 17.9. The van der Waals surface area contributed by atoms with Crippen LogP contribution >= 0.6 is 46.9 Å². The van der Waals surface area contributed by atoms with Crippen molar-refractivity contribution in [1.82, 2.24) is 15.6 Å². The van der Waals surface area contributed by atoms with Gasteiger partial charge in [-0.15, -0.1) is 35.3 Å². The van der Waals surface area contributed by atoms with Gasteiger partial charge in [0.2, 0.25) is 0 Å². The number of anilines is 1. The molecule has 1 aromatic carbocycles. The number of thiazole rings is 1. The number of aliphatic imine (C=N–C) groups is 1. The Morgan fingerprint density at radius 2 is 2.12 bits per heavy atom. The third-order valence-electron chi connectivity index (χ3n) is 3.18. The SMILES string of the molecule is CN=C(NCCc1cccc(Cl)c1)NCc1csc(N(C)C)n1.I. The first-order valence-corrected chi connectivity index (χ1v) is 8.65. The first kappa shape index (κ1) is 21.0. The summed E-state index contributed by atoms with van der Waals surface area (Å²) in [6.07, 6.45) is 0.892. The lowest BCUT2D eigenvalue weighted by Crippen LogP contribution is -2.37. The molecule has 0 saturated carbocycles. The van der Waals surface area contributed by atoms with E-state index in [0.717, 1.165) is 34.8 Å². The van der Waals surface area contributed by atoms with E-state index in [1.807, 2.05) is 37.2 Å². The Bertz CT molecular complexity index is 659. The molecule has 0 aliphatic heterocycles. The zero-order valence-electron chi connectivity index (χ0n) is 14.0. The molecule has 8 heteroatoms. The molecule has 0 unspecified atom stereocenters. The normalized spacial score (nSPS) is 10.9. The van der Waals surface area contributed by atoms with Gasteiger partial charge in [-0.1, -0.05) is 23.7 Å². The third-order valence-corrected chi connectivity index (χ3v) is 4.47. The van der Waals surface area contributed by atoms with Gasteiger partial charge in [-0.2, -0.15) is 0 Å². The fourth-order valence-electron chi connectivity index (χ4n) is 2.00. The lowest BCUT2D eigenvalue weighted by molar-refractivity contribution is 0.786. The number of guanidine groups is 1. The van der Waals surface area contributed by atoms with Crippen molar-refractivity contribution >= 4 is 58.0 Å². The Hall–Kier alpha value is -1.06. The quantitative estimate of drug-likeness (QED) is 0.379. The van der Waals surface area contributed by atoms with E-state index in [1.165, 1.54) is 5.56 Å². The van der Waals surface area contributed by atoms with Crippen LogP contribution in [0.3, 0.4) is 0 Å². The molecular formula is C16H23ClIN5S. The van der Waals surface area contributed by atoms with E-state index >= 15 is 0 Å². The number of hydrogen-bond donors (Lipinski definition) is 2. The van der Waals surface area contributed by atoms with Gasteiger partial charge >= 0.3 is 0 Å². The van der Waals surface area contributed by atoms with Crippen molar-refractivity contribution in [3.63, 3.8) is 0 Å². The minimum atomic E-state index is 0. The lowest BCUT2D eigenvalue weighted by Gasteiger charge is -2.11. The Morgan fingerprint density at radius 3 is 2.75 bits per heavy atom. The third kappa shape index (κ3) is 6.82. The van der Waals surface area contributed by atoms with E-state index < -0.39 is 0 Å². The summed E-state index contributed by atoms with van der Waals surface area (Å²) in [4.78, 5) is 10.8. The smallest absolute Gasteiger partial charge is 0.191 e. The largest absolute Gasteiger partial charge is 0.356 e. The van der Waals surface area contributed by atoms with Gasteiger partial charge in [-0.05, 0) is 24.1 Å². The van der Waals surface area contributed by atoms with Crippen molar-refractivity contribution in [1.29, 1.82) is 0 Å². The van der Waals surface area contributed by atoms with Crippen LogP contribution in [-0.2, 0) is 13.0 Å². The number of rotatable bonds is 6. The topological polar surface area (TPSA) is 52.6 Å². The average Bonchev–Trinajstić information content (AvgIpc) is 3.00. The van der Waals surface area contributed by atoms with E-state index in [2.05, 4.69) is 32.1 Å². The molecule has 0 saturated heterocycles. The number of halogens is 2. The Labute approximate surface area is 169 Å². The van der Waals surface area contributed by atoms with Crippen LogP contribution in [0.2, 0.25) is 5.02 Å². The van der Waals surface area contributed by atoms with E-state index in [0.29, 0.717) is 6.54 Å². The fourth-order valence-corrected chi connectivity index (χ4v) is 2.97. The molecule has 1 aromatic heterocycles. The maximum absolute atomic E-state index is 5.99. The molecule has 0 bridgehead atoms. The summed E-state index contributed by atoms with van der Waals surface area (Å²) < 4.78 is 0. The van der Waals surface area contributed by atoms with E-state index in [9.17, 15) is 0 Å². The molecule has 0 atom stereocenters. The molecule has 0 amide bonds. The molecule has 0 aliphatic carbocycles. The minimum Gasteiger partial charge on any atom is -0.356 e. The van der Waals surface area contributed by atoms with Crippen molar-refractivity contribution in [2.45, 2.75) is 13.0 Å². The van der Waals surface area contributed by atoms with Gasteiger partial charge in [-0.25, -0.2) is 4.98 Å². The summed E-state index contributed by atoms with van der Waals surface area (Å²) in [6, 6.07) is 7.91. The van der Waals surface area contributed by atoms with Gasteiger partial charge in [0.15, 0.2) is 11.1 Å². The predicted molar refractivity (Wildman–Crippen MR) is 115 cm³/mol. The second-order valence-electron chi connectivity index (χ2n) is 5.25. The predicted octanol–water partition coefficient (Wildman–Crippen LogP) is 3.39. The standard InChI is InChI=1S/C16H22ClN5S.HI/c1-18-15(19-8-7-12-5-4-6-13(17)9-12)20-10-14-11-23-16(21-14)22(2)3;/h4-6,9,11H,7-8,10H2,1-3H3,(H2,18,19,20);1H. The van der Waals surface area contributed by atoms with Crippen molar-refractivity contribution in [2.24, 2.45) is 4.99 Å². The van der Waals surface area contributed by atoms with Gasteiger partial charge in [0.25, 0.3) is 0 Å². The summed E-state index contributed by atoms with van der Waals surface area (Å²) in [7, 11) is 5.75. The summed E-state index contributed by atoms with van der Waals surface area (Å²) in [5, 5.41) is 10.4. The lowest BCUT2D eigenvalue weighted by atomic mass is 10.1. The van der Waals surface area contributed by atoms with E-state index in [1.54, 1.807) is 18.4 Å². The Kier molecular flexibility index (Phi) is 9.38. The van der Waals surface area contributed by atoms with E-state index in [4.69, 9.17) is 11.6 Å². The second kappa shape index (κ2) is 10.7. The summed E-state index contributed by atoms with van der Waals surface area (Å²) >= 11 is 7.62. The van der Waals surface area contributed by atoms with Crippen molar-refractivity contribution in [3.05, 3.63) is 45.9 Å². The zero-order chi connectivity index (χ0) is 16.7. The van der Waals surface area contributed by atoms with Gasteiger partial charge in [0.05, 0.1) is 12.2 Å². The molecule has 5 nitrogen and oxygen atoms in total. The van der Waals surface area contributed by atoms with Crippen LogP contribution in [0.25, 0.3) is 0 Å². The molecule has 2 N–H and O–H groups in total. The van der Waals surface area contributed by atoms with Crippen LogP contribution in [0, 0.1) is 0 Å². The highest BCUT2D eigenvalue weighted by atomic mass is 127. The maximum Gasteiger partial charge on any atom is 0.191 e. The maximum atomic E-state index is 5.99. The molecule has 24 heavy (non-hydrogen) atoms. The molecule has 1 heterocycles. The Morgan fingerprint density at radius 1 is 1.33 bits per heavy atom. The first-order valence-electron chi connectivity index (χ1n) is 7.39. The van der Waals surface area contributed by atoms with Crippen LogP contribution in [0.5, 0.6) is 0 Å². The van der Waals surface area contributed by atoms with Crippen molar-refractivity contribution < 1.29 is 0 Å². The minimum absolute atomic E-state index is 0. The molecule has 132 valence electrons. The van der Waals surface area contributed by atoms with Gasteiger partial charge < -0.3 is 15.5 Å².